The molecule has 4 rings (SSSR count). The van der Waals surface area contributed by atoms with Crippen molar-refractivity contribution in [3.8, 4) is 11.3 Å². The number of rotatable bonds is 2. The van der Waals surface area contributed by atoms with E-state index in [1.165, 1.54) is 17.3 Å². The van der Waals surface area contributed by atoms with Crippen LogP contribution in [0.3, 0.4) is 0 Å². The van der Waals surface area contributed by atoms with E-state index in [0.29, 0.717) is 11.3 Å². The highest BCUT2D eigenvalue weighted by molar-refractivity contribution is 6.28. The van der Waals surface area contributed by atoms with Gasteiger partial charge in [0.2, 0.25) is 5.28 Å². The third kappa shape index (κ3) is 1.87. The first-order valence-electron chi connectivity index (χ1n) is 6.87. The van der Waals surface area contributed by atoms with E-state index in [0.717, 1.165) is 36.6 Å². The summed E-state index contributed by atoms with van der Waals surface area (Å²) < 4.78 is 2.24. The number of hydrogen-bond donors (Lipinski definition) is 0. The van der Waals surface area contributed by atoms with Crippen LogP contribution in [0.1, 0.15) is 22.3 Å². The van der Waals surface area contributed by atoms with E-state index in [-0.39, 0.29) is 5.28 Å². The summed E-state index contributed by atoms with van der Waals surface area (Å²) in [6, 6.07) is 6.29. The summed E-state index contributed by atoms with van der Waals surface area (Å²) in [6.07, 6.45) is 6.54. The molecule has 0 radical (unpaired) electrons. The number of hydrogen-bond acceptors (Lipinski definition) is 3. The van der Waals surface area contributed by atoms with Gasteiger partial charge in [0.15, 0.2) is 6.29 Å². The molecule has 0 saturated carbocycles. The SMILES string of the molecule is O=Cc1cnc(Cl)nc1-c1cn2c3c(cccc13)CCC2. The van der Waals surface area contributed by atoms with Gasteiger partial charge in [-0.1, -0.05) is 18.2 Å². The van der Waals surface area contributed by atoms with Gasteiger partial charge in [-0.25, -0.2) is 9.97 Å². The number of para-hydroxylation sites is 1. The van der Waals surface area contributed by atoms with E-state index < -0.39 is 0 Å². The summed E-state index contributed by atoms with van der Waals surface area (Å²) >= 11 is 5.91. The number of nitrogens with zero attached hydrogens (tertiary/aromatic N) is 3. The zero-order valence-electron chi connectivity index (χ0n) is 11.2. The molecule has 0 saturated heterocycles. The second kappa shape index (κ2) is 4.67. The van der Waals surface area contributed by atoms with Crippen molar-refractivity contribution in [2.24, 2.45) is 0 Å². The van der Waals surface area contributed by atoms with E-state index in [1.807, 2.05) is 0 Å². The lowest BCUT2D eigenvalue weighted by atomic mass is 10.0. The van der Waals surface area contributed by atoms with Crippen molar-refractivity contribution < 1.29 is 4.79 Å². The van der Waals surface area contributed by atoms with Gasteiger partial charge in [0, 0.05) is 29.9 Å². The molecule has 21 heavy (non-hydrogen) atoms. The van der Waals surface area contributed by atoms with Crippen LogP contribution in [0.15, 0.2) is 30.6 Å². The number of carbonyl (C=O) groups excluding carboxylic acids is 1. The summed E-state index contributed by atoms with van der Waals surface area (Å²) in [6.45, 7) is 0.989. The molecule has 3 aromatic rings. The third-order valence-corrected chi connectivity index (χ3v) is 4.18. The largest absolute Gasteiger partial charge is 0.347 e. The Hall–Kier alpha value is -2.20. The summed E-state index contributed by atoms with van der Waals surface area (Å²) in [5.74, 6) is 0. The monoisotopic (exact) mass is 297 g/mol. The molecule has 1 aliphatic rings. The Morgan fingerprint density at radius 1 is 1.33 bits per heavy atom. The predicted molar refractivity (Wildman–Crippen MR) is 81.7 cm³/mol. The third-order valence-electron chi connectivity index (χ3n) is 4.00. The fourth-order valence-electron chi connectivity index (χ4n) is 3.12. The maximum atomic E-state index is 11.3. The number of halogens is 1. The molecule has 3 heterocycles. The number of aldehydes is 1. The fourth-order valence-corrected chi connectivity index (χ4v) is 3.25. The molecular weight excluding hydrogens is 286 g/mol. The fraction of sp³-hybridized carbons (Fsp3) is 0.188. The lowest BCUT2D eigenvalue weighted by molar-refractivity contribution is 0.112. The van der Waals surface area contributed by atoms with Crippen LogP contribution < -0.4 is 0 Å². The standard InChI is InChI=1S/C16H12ClN3O/c17-16-18-7-11(9-21)14(19-16)13-8-20-6-2-4-10-3-1-5-12(13)15(10)20/h1,3,5,7-9H,2,4,6H2. The van der Waals surface area contributed by atoms with Crippen LogP contribution in [0.2, 0.25) is 5.28 Å². The summed E-state index contributed by atoms with van der Waals surface area (Å²) in [5.41, 5.74) is 4.60. The van der Waals surface area contributed by atoms with Gasteiger partial charge in [0.05, 0.1) is 16.8 Å². The van der Waals surface area contributed by atoms with Crippen molar-refractivity contribution in [3.63, 3.8) is 0 Å². The minimum atomic E-state index is 0.155. The average molecular weight is 298 g/mol. The van der Waals surface area contributed by atoms with Crippen molar-refractivity contribution in [3.05, 3.63) is 47.0 Å². The van der Waals surface area contributed by atoms with Crippen molar-refractivity contribution in [2.75, 3.05) is 0 Å². The van der Waals surface area contributed by atoms with Crippen LogP contribution in [0.25, 0.3) is 22.2 Å². The molecular formula is C16H12ClN3O. The second-order valence-corrected chi connectivity index (χ2v) is 5.55. The Labute approximate surface area is 126 Å². The number of aromatic nitrogens is 3. The average Bonchev–Trinajstić information content (AvgIpc) is 2.89. The van der Waals surface area contributed by atoms with Gasteiger partial charge >= 0.3 is 0 Å². The molecule has 0 N–H and O–H groups in total. The lowest BCUT2D eigenvalue weighted by Crippen LogP contribution is -2.05. The normalized spacial score (nSPS) is 13.6. The molecule has 4 nitrogen and oxygen atoms in total. The summed E-state index contributed by atoms with van der Waals surface area (Å²) in [5, 5.41) is 1.27. The molecule has 0 unspecified atom stereocenters. The van der Waals surface area contributed by atoms with Crippen molar-refractivity contribution in [1.82, 2.24) is 14.5 Å². The van der Waals surface area contributed by atoms with E-state index in [2.05, 4.69) is 38.9 Å². The highest BCUT2D eigenvalue weighted by Gasteiger charge is 2.19. The Balaban J connectivity index is 2.07. The quantitative estimate of drug-likeness (QED) is 0.537. The highest BCUT2D eigenvalue weighted by atomic mass is 35.5. The van der Waals surface area contributed by atoms with E-state index >= 15 is 0 Å². The lowest BCUT2D eigenvalue weighted by Gasteiger charge is -2.14. The van der Waals surface area contributed by atoms with Gasteiger partial charge in [-0.3, -0.25) is 4.79 Å². The minimum absolute atomic E-state index is 0.155. The maximum absolute atomic E-state index is 11.3. The summed E-state index contributed by atoms with van der Waals surface area (Å²) in [4.78, 5) is 19.4. The molecule has 0 aliphatic carbocycles. The highest BCUT2D eigenvalue weighted by Crippen LogP contribution is 2.35. The zero-order valence-corrected chi connectivity index (χ0v) is 12.0. The molecule has 0 atom stereocenters. The topological polar surface area (TPSA) is 47.8 Å². The van der Waals surface area contributed by atoms with Crippen LogP contribution in [0, 0.1) is 0 Å². The Bertz CT molecular complexity index is 869. The first kappa shape index (κ1) is 12.5. The van der Waals surface area contributed by atoms with Crippen LogP contribution in [-0.4, -0.2) is 20.8 Å². The first-order valence-corrected chi connectivity index (χ1v) is 7.24. The number of aryl methyl sites for hydroxylation is 2. The first-order chi connectivity index (χ1) is 10.3. The van der Waals surface area contributed by atoms with E-state index in [1.54, 1.807) is 0 Å². The van der Waals surface area contributed by atoms with Crippen molar-refractivity contribution in [1.29, 1.82) is 0 Å². The molecule has 2 aromatic heterocycles. The molecule has 5 heteroatoms. The van der Waals surface area contributed by atoms with Crippen LogP contribution >= 0.6 is 11.6 Å². The second-order valence-electron chi connectivity index (χ2n) is 5.21. The number of benzene rings is 1. The van der Waals surface area contributed by atoms with Crippen molar-refractivity contribution in [2.45, 2.75) is 19.4 Å². The molecule has 0 amide bonds. The molecule has 0 bridgehead atoms. The van der Waals surface area contributed by atoms with E-state index in [9.17, 15) is 4.79 Å². The van der Waals surface area contributed by atoms with Gasteiger partial charge in [-0.05, 0) is 30.0 Å². The van der Waals surface area contributed by atoms with Crippen molar-refractivity contribution >= 4 is 28.8 Å². The maximum Gasteiger partial charge on any atom is 0.222 e. The van der Waals surface area contributed by atoms with Crippen LogP contribution in [0.5, 0.6) is 0 Å². The van der Waals surface area contributed by atoms with Crippen LogP contribution in [-0.2, 0) is 13.0 Å². The molecule has 104 valence electrons. The Kier molecular flexibility index (Phi) is 2.79. The van der Waals surface area contributed by atoms with Gasteiger partial charge < -0.3 is 4.57 Å². The zero-order chi connectivity index (χ0) is 14.4. The Morgan fingerprint density at radius 2 is 2.24 bits per heavy atom. The van der Waals surface area contributed by atoms with Gasteiger partial charge in [-0.15, -0.1) is 0 Å². The minimum Gasteiger partial charge on any atom is -0.347 e. The van der Waals surface area contributed by atoms with E-state index in [4.69, 9.17) is 11.6 Å². The molecule has 1 aromatic carbocycles. The predicted octanol–water partition coefficient (Wildman–Crippen LogP) is 3.51. The van der Waals surface area contributed by atoms with Gasteiger partial charge in [0.25, 0.3) is 0 Å². The van der Waals surface area contributed by atoms with Gasteiger partial charge in [0.1, 0.15) is 0 Å². The van der Waals surface area contributed by atoms with Crippen LogP contribution in [0.4, 0.5) is 0 Å². The molecule has 0 spiro atoms. The molecule has 0 fully saturated rings. The molecule has 1 aliphatic heterocycles. The Morgan fingerprint density at radius 3 is 3.10 bits per heavy atom. The summed E-state index contributed by atoms with van der Waals surface area (Å²) in [7, 11) is 0. The van der Waals surface area contributed by atoms with Gasteiger partial charge in [-0.2, -0.15) is 0 Å². The smallest absolute Gasteiger partial charge is 0.222 e. The number of carbonyl (C=O) groups is 1.